The van der Waals surface area contributed by atoms with Gasteiger partial charge in [0.25, 0.3) is 0 Å². The molecule has 0 saturated carbocycles. The second-order valence-electron chi connectivity index (χ2n) is 6.98. The third kappa shape index (κ3) is 5.73. The number of anilines is 2. The molecule has 6 heteroatoms. The van der Waals surface area contributed by atoms with Gasteiger partial charge in [0.05, 0.1) is 6.04 Å². The minimum atomic E-state index is -0.564. The van der Waals surface area contributed by atoms with Crippen LogP contribution in [0.4, 0.5) is 11.4 Å². The lowest BCUT2D eigenvalue weighted by atomic mass is 10.1. The second-order valence-corrected chi connectivity index (χ2v) is 6.98. The SMILES string of the molecule is CCCC(N)C(=O)NC(CCC)C(=O)Nc1cccc(N2CCCC2)c1. The van der Waals surface area contributed by atoms with Crippen molar-refractivity contribution in [3.8, 4) is 0 Å². The van der Waals surface area contributed by atoms with Crippen molar-refractivity contribution in [1.29, 1.82) is 0 Å². The molecule has 1 saturated heterocycles. The zero-order valence-electron chi connectivity index (χ0n) is 16.0. The van der Waals surface area contributed by atoms with E-state index in [4.69, 9.17) is 5.73 Å². The molecule has 1 fully saturated rings. The van der Waals surface area contributed by atoms with Gasteiger partial charge in [0.15, 0.2) is 0 Å². The van der Waals surface area contributed by atoms with Crippen molar-refractivity contribution in [3.05, 3.63) is 24.3 Å². The molecular formula is C20H32N4O2. The van der Waals surface area contributed by atoms with Crippen molar-refractivity contribution in [1.82, 2.24) is 5.32 Å². The molecule has 4 N–H and O–H groups in total. The number of rotatable bonds is 9. The van der Waals surface area contributed by atoms with Crippen molar-refractivity contribution in [2.75, 3.05) is 23.3 Å². The van der Waals surface area contributed by atoms with Crippen LogP contribution in [0, 0.1) is 0 Å². The van der Waals surface area contributed by atoms with Crippen molar-refractivity contribution >= 4 is 23.2 Å². The fourth-order valence-electron chi connectivity index (χ4n) is 3.26. The third-order valence-electron chi connectivity index (χ3n) is 4.73. The van der Waals surface area contributed by atoms with E-state index in [9.17, 15) is 9.59 Å². The molecule has 144 valence electrons. The summed E-state index contributed by atoms with van der Waals surface area (Å²) in [6.07, 6.45) is 5.25. The van der Waals surface area contributed by atoms with Gasteiger partial charge in [-0.3, -0.25) is 9.59 Å². The summed E-state index contributed by atoms with van der Waals surface area (Å²) in [7, 11) is 0. The van der Waals surface area contributed by atoms with Gasteiger partial charge in [0, 0.05) is 24.5 Å². The highest BCUT2D eigenvalue weighted by atomic mass is 16.2. The topological polar surface area (TPSA) is 87.5 Å². The minimum Gasteiger partial charge on any atom is -0.371 e. The number of nitrogens with zero attached hydrogens (tertiary/aromatic N) is 1. The van der Waals surface area contributed by atoms with Gasteiger partial charge in [-0.2, -0.15) is 0 Å². The first-order chi connectivity index (χ1) is 12.5. The molecule has 6 nitrogen and oxygen atoms in total. The number of amides is 2. The van der Waals surface area contributed by atoms with Crippen LogP contribution in [0.15, 0.2) is 24.3 Å². The third-order valence-corrected chi connectivity index (χ3v) is 4.73. The molecular weight excluding hydrogens is 328 g/mol. The highest BCUT2D eigenvalue weighted by Crippen LogP contribution is 2.23. The minimum absolute atomic E-state index is 0.192. The zero-order valence-corrected chi connectivity index (χ0v) is 16.0. The number of benzene rings is 1. The van der Waals surface area contributed by atoms with Crippen LogP contribution >= 0.6 is 0 Å². The molecule has 2 rings (SSSR count). The molecule has 2 atom stereocenters. The maximum absolute atomic E-state index is 12.7. The monoisotopic (exact) mass is 360 g/mol. The Labute approximate surface area is 156 Å². The summed E-state index contributed by atoms with van der Waals surface area (Å²) in [4.78, 5) is 27.2. The summed E-state index contributed by atoms with van der Waals surface area (Å²) in [5, 5.41) is 5.75. The average molecular weight is 361 g/mol. The number of carbonyl (C=O) groups excluding carboxylic acids is 2. The highest BCUT2D eigenvalue weighted by Gasteiger charge is 2.23. The van der Waals surface area contributed by atoms with Crippen molar-refractivity contribution in [2.45, 2.75) is 64.5 Å². The average Bonchev–Trinajstić information content (AvgIpc) is 3.16. The molecule has 26 heavy (non-hydrogen) atoms. The smallest absolute Gasteiger partial charge is 0.246 e. The highest BCUT2D eigenvalue weighted by molar-refractivity contribution is 5.98. The fourth-order valence-corrected chi connectivity index (χ4v) is 3.26. The van der Waals surface area contributed by atoms with Crippen LogP contribution in [-0.4, -0.2) is 37.0 Å². The van der Waals surface area contributed by atoms with Crippen molar-refractivity contribution in [3.63, 3.8) is 0 Å². The molecule has 2 amide bonds. The van der Waals surface area contributed by atoms with E-state index in [-0.39, 0.29) is 11.8 Å². The predicted molar refractivity (Wildman–Crippen MR) is 106 cm³/mol. The Morgan fingerprint density at radius 3 is 2.46 bits per heavy atom. The van der Waals surface area contributed by atoms with Gasteiger partial charge < -0.3 is 21.3 Å². The predicted octanol–water partition coefficient (Wildman–Crippen LogP) is 2.64. The summed E-state index contributed by atoms with van der Waals surface area (Å²) in [6.45, 7) is 6.09. The Morgan fingerprint density at radius 1 is 1.12 bits per heavy atom. The molecule has 2 unspecified atom stereocenters. The van der Waals surface area contributed by atoms with E-state index in [0.29, 0.717) is 12.8 Å². The molecule has 1 heterocycles. The van der Waals surface area contributed by atoms with E-state index < -0.39 is 12.1 Å². The lowest BCUT2D eigenvalue weighted by molar-refractivity contribution is -0.127. The van der Waals surface area contributed by atoms with Crippen LogP contribution in [0.5, 0.6) is 0 Å². The van der Waals surface area contributed by atoms with Gasteiger partial charge in [-0.25, -0.2) is 0 Å². The number of hydrogen-bond acceptors (Lipinski definition) is 4. The van der Waals surface area contributed by atoms with Crippen molar-refractivity contribution in [2.24, 2.45) is 5.73 Å². The molecule has 0 spiro atoms. The fraction of sp³-hybridized carbons (Fsp3) is 0.600. The molecule has 0 bridgehead atoms. The van der Waals surface area contributed by atoms with Gasteiger partial charge in [-0.15, -0.1) is 0 Å². The lowest BCUT2D eigenvalue weighted by Crippen LogP contribution is -2.49. The van der Waals surface area contributed by atoms with E-state index in [1.54, 1.807) is 0 Å². The van der Waals surface area contributed by atoms with Crippen LogP contribution in [0.3, 0.4) is 0 Å². The number of nitrogens with one attached hydrogen (secondary N) is 2. The van der Waals surface area contributed by atoms with E-state index in [2.05, 4.69) is 21.6 Å². The maximum atomic E-state index is 12.7. The first-order valence-electron chi connectivity index (χ1n) is 9.77. The molecule has 0 aliphatic carbocycles. The molecule has 1 aliphatic heterocycles. The molecule has 1 aromatic carbocycles. The molecule has 1 aromatic rings. The van der Waals surface area contributed by atoms with Gasteiger partial charge in [0.1, 0.15) is 6.04 Å². The van der Waals surface area contributed by atoms with Crippen LogP contribution in [-0.2, 0) is 9.59 Å². The van der Waals surface area contributed by atoms with Crippen LogP contribution in [0.25, 0.3) is 0 Å². The Morgan fingerprint density at radius 2 is 1.81 bits per heavy atom. The number of nitrogens with two attached hydrogens (primary N) is 1. The van der Waals surface area contributed by atoms with Gasteiger partial charge >= 0.3 is 0 Å². The van der Waals surface area contributed by atoms with Crippen LogP contribution in [0.1, 0.15) is 52.4 Å². The van der Waals surface area contributed by atoms with Crippen LogP contribution in [0.2, 0.25) is 0 Å². The molecule has 0 aromatic heterocycles. The summed E-state index contributed by atoms with van der Waals surface area (Å²) in [5.41, 5.74) is 7.75. The van der Waals surface area contributed by atoms with Gasteiger partial charge in [-0.05, 0) is 43.9 Å². The number of carbonyl (C=O) groups is 2. The normalized spacial score (nSPS) is 16.2. The summed E-state index contributed by atoms with van der Waals surface area (Å²) < 4.78 is 0. The Kier molecular flexibility index (Phi) is 7.91. The molecule has 1 aliphatic rings. The Bertz CT molecular complexity index is 599. The van der Waals surface area contributed by atoms with E-state index >= 15 is 0 Å². The quantitative estimate of drug-likeness (QED) is 0.632. The van der Waals surface area contributed by atoms with Crippen molar-refractivity contribution < 1.29 is 9.59 Å². The van der Waals surface area contributed by atoms with Gasteiger partial charge in [0.2, 0.25) is 11.8 Å². The summed E-state index contributed by atoms with van der Waals surface area (Å²) >= 11 is 0. The second kappa shape index (κ2) is 10.2. The zero-order chi connectivity index (χ0) is 18.9. The summed E-state index contributed by atoms with van der Waals surface area (Å²) in [5.74, 6) is -0.450. The first kappa shape index (κ1) is 20.2. The maximum Gasteiger partial charge on any atom is 0.246 e. The van der Waals surface area contributed by atoms with E-state index in [0.717, 1.165) is 37.3 Å². The van der Waals surface area contributed by atoms with Gasteiger partial charge in [-0.1, -0.05) is 32.8 Å². The van der Waals surface area contributed by atoms with Crippen LogP contribution < -0.4 is 21.3 Å². The van der Waals surface area contributed by atoms with E-state index in [1.807, 2.05) is 32.0 Å². The largest absolute Gasteiger partial charge is 0.371 e. The summed E-state index contributed by atoms with van der Waals surface area (Å²) in [6, 6.07) is 6.77. The lowest BCUT2D eigenvalue weighted by Gasteiger charge is -2.21. The standard InChI is InChI=1S/C20H32N4O2/c1-3-8-17(21)19(25)23-18(9-4-2)20(26)22-15-10-7-11-16(14-15)24-12-5-6-13-24/h7,10-11,14,17-18H,3-6,8-9,12-13,21H2,1-2H3,(H,22,26)(H,23,25). The Hall–Kier alpha value is -2.08. The Balaban J connectivity index is 2.00. The first-order valence-corrected chi connectivity index (χ1v) is 9.77. The molecule has 0 radical (unpaired) electrons. The van der Waals surface area contributed by atoms with E-state index in [1.165, 1.54) is 12.8 Å². The number of hydrogen-bond donors (Lipinski definition) is 3.